The van der Waals surface area contributed by atoms with Crippen LogP contribution in [0.4, 0.5) is 4.39 Å². The summed E-state index contributed by atoms with van der Waals surface area (Å²) in [5, 5.41) is 2.91. The summed E-state index contributed by atoms with van der Waals surface area (Å²) in [6.07, 6.45) is 0. The summed E-state index contributed by atoms with van der Waals surface area (Å²) in [5.74, 6) is 0.173. The van der Waals surface area contributed by atoms with Crippen molar-refractivity contribution in [3.63, 3.8) is 0 Å². The topological polar surface area (TPSA) is 38.9 Å². The van der Waals surface area contributed by atoms with Crippen molar-refractivity contribution in [2.75, 3.05) is 0 Å². The lowest BCUT2D eigenvalue weighted by atomic mass is 10.1. The summed E-state index contributed by atoms with van der Waals surface area (Å²) >= 11 is 1.56. The first-order chi connectivity index (χ1) is 8.49. The first kappa shape index (κ1) is 13.2. The fraction of sp³-hybridized carbons (Fsp3) is 0.357. The normalized spacial score (nSPS) is 13.0. The van der Waals surface area contributed by atoms with Gasteiger partial charge in [0.15, 0.2) is 0 Å². The SMILES string of the molecule is Cc1cc(-c2csc(C(N)C(C)C)n2)ccc1F. The van der Waals surface area contributed by atoms with Crippen molar-refractivity contribution in [1.82, 2.24) is 4.98 Å². The maximum Gasteiger partial charge on any atom is 0.126 e. The second-order valence-electron chi connectivity index (χ2n) is 4.80. The standard InChI is InChI=1S/C14H17FN2S/c1-8(2)13(16)14-17-12(7-18-14)10-4-5-11(15)9(3)6-10/h4-8,13H,16H2,1-3H3. The highest BCUT2D eigenvalue weighted by molar-refractivity contribution is 7.10. The van der Waals surface area contributed by atoms with Crippen LogP contribution in [0.15, 0.2) is 23.6 Å². The molecule has 2 N–H and O–H groups in total. The van der Waals surface area contributed by atoms with E-state index in [9.17, 15) is 4.39 Å². The molecule has 0 spiro atoms. The van der Waals surface area contributed by atoms with E-state index in [1.807, 2.05) is 11.4 Å². The van der Waals surface area contributed by atoms with Crippen molar-refractivity contribution in [2.24, 2.45) is 11.7 Å². The highest BCUT2D eigenvalue weighted by Gasteiger charge is 2.15. The molecule has 0 radical (unpaired) electrons. The maximum atomic E-state index is 13.2. The molecule has 96 valence electrons. The predicted molar refractivity (Wildman–Crippen MR) is 74.0 cm³/mol. The van der Waals surface area contributed by atoms with Gasteiger partial charge in [-0.05, 0) is 36.6 Å². The molecule has 18 heavy (non-hydrogen) atoms. The number of aryl methyl sites for hydroxylation is 1. The van der Waals surface area contributed by atoms with Crippen LogP contribution in [0, 0.1) is 18.7 Å². The number of hydrogen-bond donors (Lipinski definition) is 1. The zero-order valence-electron chi connectivity index (χ0n) is 10.8. The molecule has 4 heteroatoms. The predicted octanol–water partition coefficient (Wildman–Crippen LogP) is 3.91. The molecule has 1 atom stereocenters. The summed E-state index contributed by atoms with van der Waals surface area (Å²) in [6, 6.07) is 5.01. The Morgan fingerprint density at radius 2 is 2.06 bits per heavy atom. The monoisotopic (exact) mass is 264 g/mol. The third-order valence-corrected chi connectivity index (χ3v) is 3.93. The van der Waals surface area contributed by atoms with Gasteiger partial charge >= 0.3 is 0 Å². The fourth-order valence-electron chi connectivity index (χ4n) is 1.66. The maximum absolute atomic E-state index is 13.2. The first-order valence-corrected chi connectivity index (χ1v) is 6.84. The number of nitrogens with two attached hydrogens (primary N) is 1. The fourth-order valence-corrected chi connectivity index (χ4v) is 2.66. The molecule has 1 unspecified atom stereocenters. The van der Waals surface area contributed by atoms with Gasteiger partial charge < -0.3 is 5.73 Å². The molecule has 0 amide bonds. The third-order valence-electron chi connectivity index (χ3n) is 2.98. The van der Waals surface area contributed by atoms with Gasteiger partial charge in [-0.25, -0.2) is 9.37 Å². The van der Waals surface area contributed by atoms with E-state index in [2.05, 4.69) is 18.8 Å². The van der Waals surface area contributed by atoms with Crippen LogP contribution in [0.1, 0.15) is 30.5 Å². The molecule has 0 aliphatic carbocycles. The van der Waals surface area contributed by atoms with Crippen LogP contribution < -0.4 is 5.73 Å². The van der Waals surface area contributed by atoms with Gasteiger partial charge in [0.25, 0.3) is 0 Å². The van der Waals surface area contributed by atoms with Crippen molar-refractivity contribution in [3.8, 4) is 11.3 Å². The lowest BCUT2D eigenvalue weighted by Gasteiger charge is -2.11. The Balaban J connectivity index is 2.32. The molecule has 2 nitrogen and oxygen atoms in total. The van der Waals surface area contributed by atoms with E-state index in [-0.39, 0.29) is 11.9 Å². The molecular weight excluding hydrogens is 247 g/mol. The van der Waals surface area contributed by atoms with Crippen LogP contribution in [0.2, 0.25) is 0 Å². The van der Waals surface area contributed by atoms with Gasteiger partial charge in [-0.3, -0.25) is 0 Å². The van der Waals surface area contributed by atoms with E-state index in [4.69, 9.17) is 5.73 Å². The number of thiazole rings is 1. The Morgan fingerprint density at radius 3 is 2.67 bits per heavy atom. The van der Waals surface area contributed by atoms with Crippen molar-refractivity contribution >= 4 is 11.3 Å². The zero-order valence-corrected chi connectivity index (χ0v) is 11.6. The third kappa shape index (κ3) is 2.60. The zero-order chi connectivity index (χ0) is 13.3. The van der Waals surface area contributed by atoms with Crippen LogP contribution in [0.3, 0.4) is 0 Å². The van der Waals surface area contributed by atoms with Crippen LogP contribution in [-0.2, 0) is 0 Å². The minimum Gasteiger partial charge on any atom is -0.322 e. The Bertz CT molecular complexity index is 548. The number of aromatic nitrogens is 1. The summed E-state index contributed by atoms with van der Waals surface area (Å²) < 4.78 is 13.2. The number of rotatable bonds is 3. The Labute approximate surface area is 111 Å². The molecular formula is C14H17FN2S. The highest BCUT2D eigenvalue weighted by Crippen LogP contribution is 2.28. The Kier molecular flexibility index (Phi) is 3.78. The van der Waals surface area contributed by atoms with E-state index in [1.165, 1.54) is 6.07 Å². The highest BCUT2D eigenvalue weighted by atomic mass is 32.1. The summed E-state index contributed by atoms with van der Waals surface area (Å²) in [7, 11) is 0. The second kappa shape index (κ2) is 5.16. The molecule has 0 bridgehead atoms. The van der Waals surface area contributed by atoms with Gasteiger partial charge in [0, 0.05) is 10.9 Å². The van der Waals surface area contributed by atoms with Crippen molar-refractivity contribution in [3.05, 3.63) is 40.0 Å². The largest absolute Gasteiger partial charge is 0.322 e. The molecule has 1 heterocycles. The Hall–Kier alpha value is -1.26. The minimum atomic E-state index is -0.187. The van der Waals surface area contributed by atoms with E-state index >= 15 is 0 Å². The number of nitrogens with zero attached hydrogens (tertiary/aromatic N) is 1. The average molecular weight is 264 g/mol. The summed E-state index contributed by atoms with van der Waals surface area (Å²) in [5.41, 5.74) is 8.51. The average Bonchev–Trinajstić information content (AvgIpc) is 2.81. The lowest BCUT2D eigenvalue weighted by molar-refractivity contribution is 0.512. The van der Waals surface area contributed by atoms with Gasteiger partial charge in [-0.1, -0.05) is 13.8 Å². The van der Waals surface area contributed by atoms with Crippen molar-refractivity contribution in [1.29, 1.82) is 0 Å². The molecule has 0 fully saturated rings. The van der Waals surface area contributed by atoms with E-state index in [0.717, 1.165) is 16.3 Å². The first-order valence-electron chi connectivity index (χ1n) is 5.96. The number of hydrogen-bond acceptors (Lipinski definition) is 3. The Morgan fingerprint density at radius 1 is 1.33 bits per heavy atom. The number of benzene rings is 1. The molecule has 0 aliphatic heterocycles. The van der Waals surface area contributed by atoms with Gasteiger partial charge in [0.05, 0.1) is 11.7 Å². The van der Waals surface area contributed by atoms with Gasteiger partial charge in [-0.2, -0.15) is 0 Å². The van der Waals surface area contributed by atoms with E-state index in [0.29, 0.717) is 11.5 Å². The molecule has 0 aliphatic rings. The second-order valence-corrected chi connectivity index (χ2v) is 5.69. The van der Waals surface area contributed by atoms with Crippen LogP contribution in [-0.4, -0.2) is 4.98 Å². The molecule has 0 saturated heterocycles. The van der Waals surface area contributed by atoms with E-state index in [1.54, 1.807) is 24.3 Å². The molecule has 1 aromatic carbocycles. The number of halogens is 1. The van der Waals surface area contributed by atoms with Crippen molar-refractivity contribution in [2.45, 2.75) is 26.8 Å². The molecule has 2 aromatic rings. The van der Waals surface area contributed by atoms with Gasteiger partial charge in [-0.15, -0.1) is 11.3 Å². The molecule has 0 saturated carbocycles. The molecule has 2 rings (SSSR count). The van der Waals surface area contributed by atoms with Gasteiger partial charge in [0.1, 0.15) is 10.8 Å². The summed E-state index contributed by atoms with van der Waals surface area (Å²) in [4.78, 5) is 4.54. The van der Waals surface area contributed by atoms with Gasteiger partial charge in [0.2, 0.25) is 0 Å². The lowest BCUT2D eigenvalue weighted by Crippen LogP contribution is -2.16. The molecule has 1 aromatic heterocycles. The summed E-state index contributed by atoms with van der Waals surface area (Å²) in [6.45, 7) is 5.91. The smallest absolute Gasteiger partial charge is 0.126 e. The van der Waals surface area contributed by atoms with Crippen LogP contribution in [0.25, 0.3) is 11.3 Å². The van der Waals surface area contributed by atoms with E-state index < -0.39 is 0 Å². The van der Waals surface area contributed by atoms with Crippen LogP contribution >= 0.6 is 11.3 Å². The van der Waals surface area contributed by atoms with Crippen LogP contribution in [0.5, 0.6) is 0 Å². The quantitative estimate of drug-likeness (QED) is 0.912. The minimum absolute atomic E-state index is 0.0368. The van der Waals surface area contributed by atoms with Crippen molar-refractivity contribution < 1.29 is 4.39 Å².